The molecule has 1 atom stereocenters. The molecule has 0 aliphatic rings. The van der Waals surface area contributed by atoms with Crippen LogP contribution in [-0.4, -0.2) is 27.2 Å². The number of anilines is 1. The third-order valence-corrected chi connectivity index (χ3v) is 5.00. The van der Waals surface area contributed by atoms with E-state index in [0.29, 0.717) is 33.1 Å². The highest BCUT2D eigenvalue weighted by Crippen LogP contribution is 2.28. The largest absolute Gasteiger partial charge is 0.387 e. The Morgan fingerprint density at radius 2 is 2.00 bits per heavy atom. The van der Waals surface area contributed by atoms with Crippen LogP contribution in [0.3, 0.4) is 0 Å². The van der Waals surface area contributed by atoms with Crippen molar-refractivity contribution in [3.63, 3.8) is 0 Å². The molecule has 0 spiro atoms. The van der Waals surface area contributed by atoms with Crippen molar-refractivity contribution in [1.29, 1.82) is 0 Å². The Labute approximate surface area is 165 Å². The van der Waals surface area contributed by atoms with Gasteiger partial charge < -0.3 is 10.4 Å². The molecule has 1 aromatic heterocycles. The van der Waals surface area contributed by atoms with Crippen LogP contribution in [0.4, 0.5) is 5.69 Å². The lowest BCUT2D eigenvalue weighted by Gasteiger charge is -2.19. The number of amides is 1. The van der Waals surface area contributed by atoms with Crippen molar-refractivity contribution in [1.82, 2.24) is 9.55 Å². The Balaban J connectivity index is 2.09. The molecule has 0 radical (unpaired) electrons. The molecule has 0 aliphatic carbocycles. The van der Waals surface area contributed by atoms with Gasteiger partial charge in [0.25, 0.3) is 5.56 Å². The number of benzene rings is 2. The van der Waals surface area contributed by atoms with Crippen molar-refractivity contribution < 1.29 is 9.90 Å². The van der Waals surface area contributed by atoms with Gasteiger partial charge in [0.2, 0.25) is 5.91 Å². The number of rotatable bonds is 5. The Kier molecular flexibility index (Phi) is 5.79. The summed E-state index contributed by atoms with van der Waals surface area (Å²) in [6.45, 7) is 1.33. The molecule has 2 N–H and O–H groups in total. The molecule has 1 unspecified atom stereocenters. The van der Waals surface area contributed by atoms with Gasteiger partial charge in [0, 0.05) is 5.69 Å². The quantitative estimate of drug-likeness (QED) is 0.678. The zero-order chi connectivity index (χ0) is 19.6. The average molecular weight is 406 g/mol. The number of fused-ring (bicyclic) bond motifs is 1. The first-order chi connectivity index (χ1) is 12.9. The molecule has 3 rings (SSSR count). The second-order valence-electron chi connectivity index (χ2n) is 5.99. The van der Waals surface area contributed by atoms with E-state index >= 15 is 0 Å². The standard InChI is InChI=1S/C19H17Cl2N3O3/c1-2-17(11-3-5-14(20)15(21)7-11)24-10-22-16-6-4-12(23-18(26)9-25)8-13(16)19(24)27/h3-8,10,17,25H,2,9H2,1H3,(H,23,26). The minimum atomic E-state index is -0.634. The number of nitrogens with one attached hydrogen (secondary N) is 1. The molecular formula is C19H17Cl2N3O3. The molecular weight excluding hydrogens is 389 g/mol. The molecule has 3 aromatic rings. The summed E-state index contributed by atoms with van der Waals surface area (Å²) in [6, 6.07) is 9.83. The molecule has 2 aromatic carbocycles. The Bertz CT molecular complexity index is 1070. The van der Waals surface area contributed by atoms with Gasteiger partial charge in [0.15, 0.2) is 0 Å². The molecule has 140 valence electrons. The highest BCUT2D eigenvalue weighted by molar-refractivity contribution is 6.42. The lowest BCUT2D eigenvalue weighted by Crippen LogP contribution is -2.26. The monoisotopic (exact) mass is 405 g/mol. The predicted octanol–water partition coefficient (Wildman–Crippen LogP) is 3.63. The van der Waals surface area contributed by atoms with E-state index in [1.165, 1.54) is 6.33 Å². The summed E-state index contributed by atoms with van der Waals surface area (Å²) >= 11 is 12.1. The number of carbonyl (C=O) groups excluding carboxylic acids is 1. The van der Waals surface area contributed by atoms with E-state index < -0.39 is 12.5 Å². The normalized spacial score (nSPS) is 12.1. The maximum Gasteiger partial charge on any atom is 0.261 e. The van der Waals surface area contributed by atoms with Gasteiger partial charge in [0.1, 0.15) is 6.61 Å². The van der Waals surface area contributed by atoms with Gasteiger partial charge in [-0.15, -0.1) is 0 Å². The molecule has 0 fully saturated rings. The smallest absolute Gasteiger partial charge is 0.261 e. The van der Waals surface area contributed by atoms with Crippen LogP contribution in [0.15, 0.2) is 47.5 Å². The zero-order valence-corrected chi connectivity index (χ0v) is 16.0. The summed E-state index contributed by atoms with van der Waals surface area (Å²) < 4.78 is 1.54. The molecule has 27 heavy (non-hydrogen) atoms. The second-order valence-corrected chi connectivity index (χ2v) is 6.81. The number of aliphatic hydroxyl groups is 1. The fourth-order valence-electron chi connectivity index (χ4n) is 2.95. The molecule has 1 amide bonds. The van der Waals surface area contributed by atoms with Gasteiger partial charge in [-0.1, -0.05) is 36.2 Å². The minimum Gasteiger partial charge on any atom is -0.387 e. The third kappa shape index (κ3) is 3.98. The van der Waals surface area contributed by atoms with E-state index in [0.717, 1.165) is 5.56 Å². The molecule has 6 nitrogen and oxygen atoms in total. The van der Waals surface area contributed by atoms with E-state index in [1.807, 2.05) is 13.0 Å². The summed E-state index contributed by atoms with van der Waals surface area (Å²) in [5.41, 5.74) is 1.54. The van der Waals surface area contributed by atoms with Crippen molar-refractivity contribution in [2.75, 3.05) is 11.9 Å². The maximum atomic E-state index is 13.1. The summed E-state index contributed by atoms with van der Waals surface area (Å²) in [6.07, 6.45) is 2.15. The third-order valence-electron chi connectivity index (χ3n) is 4.26. The van der Waals surface area contributed by atoms with E-state index in [-0.39, 0.29) is 11.6 Å². The van der Waals surface area contributed by atoms with Gasteiger partial charge in [0.05, 0.1) is 33.3 Å². The van der Waals surface area contributed by atoms with Crippen molar-refractivity contribution >= 4 is 45.7 Å². The topological polar surface area (TPSA) is 84.2 Å². The van der Waals surface area contributed by atoms with Crippen LogP contribution in [0.5, 0.6) is 0 Å². The highest BCUT2D eigenvalue weighted by Gasteiger charge is 2.16. The number of halogens is 2. The van der Waals surface area contributed by atoms with Gasteiger partial charge in [-0.25, -0.2) is 4.98 Å². The van der Waals surface area contributed by atoms with Crippen LogP contribution >= 0.6 is 23.2 Å². The van der Waals surface area contributed by atoms with E-state index in [9.17, 15) is 9.59 Å². The van der Waals surface area contributed by atoms with Gasteiger partial charge >= 0.3 is 0 Å². The maximum absolute atomic E-state index is 13.1. The molecule has 0 bridgehead atoms. The van der Waals surface area contributed by atoms with Crippen LogP contribution in [0.2, 0.25) is 10.0 Å². The first kappa shape index (κ1) is 19.4. The molecule has 8 heteroatoms. The van der Waals surface area contributed by atoms with Crippen LogP contribution in [0.1, 0.15) is 24.9 Å². The van der Waals surface area contributed by atoms with Crippen molar-refractivity contribution in [2.24, 2.45) is 0 Å². The SMILES string of the molecule is CCC(c1ccc(Cl)c(Cl)c1)n1cnc2ccc(NC(=O)CO)cc2c1=O. The minimum absolute atomic E-state index is 0.238. The first-order valence-electron chi connectivity index (χ1n) is 8.31. The molecule has 1 heterocycles. The number of nitrogens with zero attached hydrogens (tertiary/aromatic N) is 2. The number of aliphatic hydroxyl groups excluding tert-OH is 1. The van der Waals surface area contributed by atoms with Crippen LogP contribution in [0.25, 0.3) is 10.9 Å². The van der Waals surface area contributed by atoms with E-state index in [2.05, 4.69) is 10.3 Å². The second kappa shape index (κ2) is 8.08. The number of carbonyl (C=O) groups is 1. The van der Waals surface area contributed by atoms with Crippen molar-refractivity contribution in [2.45, 2.75) is 19.4 Å². The molecule has 0 saturated carbocycles. The van der Waals surface area contributed by atoms with Crippen LogP contribution in [0, 0.1) is 0 Å². The van der Waals surface area contributed by atoms with Gasteiger partial charge in [-0.2, -0.15) is 0 Å². The van der Waals surface area contributed by atoms with E-state index in [4.69, 9.17) is 28.3 Å². The summed E-state index contributed by atoms with van der Waals surface area (Å²) in [4.78, 5) is 28.8. The Morgan fingerprint density at radius 3 is 2.67 bits per heavy atom. The fourth-order valence-corrected chi connectivity index (χ4v) is 3.26. The van der Waals surface area contributed by atoms with Gasteiger partial charge in [-0.05, 0) is 42.3 Å². The molecule has 0 aliphatic heterocycles. The summed E-state index contributed by atoms with van der Waals surface area (Å²) in [5.74, 6) is -0.555. The molecule has 0 saturated heterocycles. The van der Waals surface area contributed by atoms with Crippen molar-refractivity contribution in [3.05, 3.63) is 68.7 Å². The lowest BCUT2D eigenvalue weighted by atomic mass is 10.0. The summed E-state index contributed by atoms with van der Waals surface area (Å²) in [5, 5.41) is 12.6. The van der Waals surface area contributed by atoms with Crippen LogP contribution in [-0.2, 0) is 4.79 Å². The number of hydrogen-bond acceptors (Lipinski definition) is 4. The van der Waals surface area contributed by atoms with E-state index in [1.54, 1.807) is 34.9 Å². The highest BCUT2D eigenvalue weighted by atomic mass is 35.5. The predicted molar refractivity (Wildman–Crippen MR) is 107 cm³/mol. The van der Waals surface area contributed by atoms with Gasteiger partial charge in [-0.3, -0.25) is 14.2 Å². The number of hydrogen-bond donors (Lipinski definition) is 2. The van der Waals surface area contributed by atoms with Crippen molar-refractivity contribution in [3.8, 4) is 0 Å². The average Bonchev–Trinajstić information content (AvgIpc) is 2.67. The fraction of sp³-hybridized carbons (Fsp3) is 0.211. The lowest BCUT2D eigenvalue weighted by molar-refractivity contribution is -0.118. The number of aromatic nitrogens is 2. The van der Waals surface area contributed by atoms with Crippen LogP contribution < -0.4 is 10.9 Å². The summed E-state index contributed by atoms with van der Waals surface area (Å²) in [7, 11) is 0. The first-order valence-corrected chi connectivity index (χ1v) is 9.06. The Hall–Kier alpha value is -2.41. The zero-order valence-electron chi connectivity index (χ0n) is 14.4. The Morgan fingerprint density at radius 1 is 1.22 bits per heavy atom.